The van der Waals surface area contributed by atoms with Gasteiger partial charge in [0.2, 0.25) is 0 Å². The lowest BCUT2D eigenvalue weighted by atomic mass is 9.59. The second-order valence-electron chi connectivity index (χ2n) is 13.3. The lowest BCUT2D eigenvalue weighted by molar-refractivity contribution is -0.131. The summed E-state index contributed by atoms with van der Waals surface area (Å²) in [5.41, 5.74) is 3.45. The molecule has 236 valence electrons. The van der Waals surface area contributed by atoms with Crippen molar-refractivity contribution in [2.24, 2.45) is 5.41 Å². The predicted octanol–water partition coefficient (Wildman–Crippen LogP) is 8.76. The van der Waals surface area contributed by atoms with Crippen LogP contribution in [0.2, 0.25) is 10.0 Å². The van der Waals surface area contributed by atoms with Gasteiger partial charge in [-0.15, -0.1) is 0 Å². The van der Waals surface area contributed by atoms with Crippen molar-refractivity contribution < 1.29 is 23.9 Å². The SMILES string of the molecule is O=C(O)c1cc(OC2CCC2)c2cc(C#CC34CCC(OCc5c(-c6c(Cl)cncc6Cl)noc5C5CC5)(CC3)CC4)ccc2n1. The maximum Gasteiger partial charge on any atom is 0.354 e. The summed E-state index contributed by atoms with van der Waals surface area (Å²) < 4.78 is 18.8. The lowest BCUT2D eigenvalue weighted by Gasteiger charge is -2.51. The Labute approximate surface area is 276 Å². The summed E-state index contributed by atoms with van der Waals surface area (Å²) in [6.45, 7) is 0.401. The molecule has 2 bridgehead atoms. The summed E-state index contributed by atoms with van der Waals surface area (Å²) in [4.78, 5) is 20.1. The summed E-state index contributed by atoms with van der Waals surface area (Å²) in [5, 5.41) is 15.7. The average molecular weight is 659 g/mol. The maximum atomic E-state index is 11.7. The number of rotatable bonds is 8. The van der Waals surface area contributed by atoms with E-state index in [2.05, 4.69) is 27.0 Å². The molecule has 4 aromatic rings. The second-order valence-corrected chi connectivity index (χ2v) is 14.2. The Morgan fingerprint density at radius 2 is 1.76 bits per heavy atom. The van der Waals surface area contributed by atoms with Gasteiger partial charge < -0.3 is 19.1 Å². The minimum absolute atomic E-state index is 0.0105. The van der Waals surface area contributed by atoms with Crippen molar-refractivity contribution >= 4 is 40.1 Å². The number of ether oxygens (including phenoxy) is 2. The standard InChI is InChI=1S/C36H33Cl2N3O5/c37-26-18-39-19-27(38)31(26)32-25(33(46-41-32)22-5-6-22)20-44-36-13-10-35(11-14-36,12-15-36)9-8-21-4-7-28-24(16-21)30(45-23-2-1-3-23)17-29(40-28)34(42)43/h4,7,16-19,22-23H,1-3,5-6,10-15,20H2,(H,42,43). The van der Waals surface area contributed by atoms with Crippen LogP contribution in [0.15, 0.2) is 41.2 Å². The van der Waals surface area contributed by atoms with E-state index in [-0.39, 0.29) is 22.8 Å². The molecule has 5 aliphatic carbocycles. The molecule has 5 saturated carbocycles. The highest BCUT2D eigenvalue weighted by molar-refractivity contribution is 6.38. The first kappa shape index (κ1) is 29.7. The molecule has 0 amide bonds. The molecule has 46 heavy (non-hydrogen) atoms. The topological polar surface area (TPSA) is 108 Å². The Balaban J connectivity index is 0.993. The highest BCUT2D eigenvalue weighted by Gasteiger charge is 2.49. The summed E-state index contributed by atoms with van der Waals surface area (Å²) in [5.74, 6) is 7.87. The van der Waals surface area contributed by atoms with E-state index in [0.717, 1.165) is 92.9 Å². The molecule has 3 aromatic heterocycles. The molecule has 0 aliphatic heterocycles. The van der Waals surface area contributed by atoms with Crippen LogP contribution < -0.4 is 4.74 Å². The van der Waals surface area contributed by atoms with Gasteiger partial charge in [-0.25, -0.2) is 9.78 Å². The van der Waals surface area contributed by atoms with Crippen molar-refractivity contribution in [2.45, 2.75) is 94.9 Å². The Bertz CT molecular complexity index is 1880. The number of aromatic carboxylic acids is 1. The van der Waals surface area contributed by atoms with Crippen molar-refractivity contribution in [2.75, 3.05) is 0 Å². The first-order chi connectivity index (χ1) is 22.3. The van der Waals surface area contributed by atoms with Crippen LogP contribution in [0.3, 0.4) is 0 Å². The zero-order valence-electron chi connectivity index (χ0n) is 25.3. The van der Waals surface area contributed by atoms with Gasteiger partial charge in [0, 0.05) is 51.9 Å². The third-order valence-electron chi connectivity index (χ3n) is 10.4. The largest absolute Gasteiger partial charge is 0.490 e. The minimum Gasteiger partial charge on any atom is -0.490 e. The summed E-state index contributed by atoms with van der Waals surface area (Å²) in [6, 6.07) is 7.29. The third-order valence-corrected chi connectivity index (χ3v) is 10.9. The number of halogens is 2. The first-order valence-corrected chi connectivity index (χ1v) is 16.9. The van der Waals surface area contributed by atoms with Crippen LogP contribution in [0.25, 0.3) is 22.2 Å². The Kier molecular flexibility index (Phi) is 7.47. The number of carboxylic acid groups (broad SMARTS) is 1. The highest BCUT2D eigenvalue weighted by atomic mass is 35.5. The Morgan fingerprint density at radius 1 is 1.02 bits per heavy atom. The van der Waals surface area contributed by atoms with Crippen LogP contribution in [0, 0.1) is 17.3 Å². The molecule has 0 spiro atoms. The Morgan fingerprint density at radius 3 is 2.41 bits per heavy atom. The Hall–Kier alpha value is -3.64. The van der Waals surface area contributed by atoms with Gasteiger partial charge in [0.25, 0.3) is 0 Å². The number of hydrogen-bond donors (Lipinski definition) is 1. The minimum atomic E-state index is -1.06. The van der Waals surface area contributed by atoms with Crippen molar-refractivity contribution in [1.82, 2.24) is 15.1 Å². The van der Waals surface area contributed by atoms with Gasteiger partial charge in [0.1, 0.15) is 17.2 Å². The van der Waals surface area contributed by atoms with E-state index >= 15 is 0 Å². The number of carboxylic acids is 1. The molecule has 9 rings (SSSR count). The van der Waals surface area contributed by atoms with E-state index in [9.17, 15) is 9.90 Å². The zero-order chi connectivity index (χ0) is 31.5. The summed E-state index contributed by atoms with van der Waals surface area (Å²) in [7, 11) is 0. The van der Waals surface area contributed by atoms with E-state index in [1.54, 1.807) is 12.4 Å². The second kappa shape index (κ2) is 11.6. The number of aromatic nitrogens is 3. The number of fused-ring (bicyclic) bond motifs is 4. The predicted molar refractivity (Wildman–Crippen MR) is 173 cm³/mol. The quantitative estimate of drug-likeness (QED) is 0.187. The van der Waals surface area contributed by atoms with Gasteiger partial charge in [-0.1, -0.05) is 40.2 Å². The van der Waals surface area contributed by atoms with Crippen molar-refractivity contribution in [1.29, 1.82) is 0 Å². The van der Waals surface area contributed by atoms with Crippen molar-refractivity contribution in [3.63, 3.8) is 0 Å². The third kappa shape index (κ3) is 5.53. The summed E-state index contributed by atoms with van der Waals surface area (Å²) >= 11 is 13.0. The van der Waals surface area contributed by atoms with Crippen LogP contribution in [-0.2, 0) is 11.3 Å². The van der Waals surface area contributed by atoms with Crippen molar-refractivity contribution in [3.8, 4) is 28.8 Å². The zero-order valence-corrected chi connectivity index (χ0v) is 26.8. The van der Waals surface area contributed by atoms with Gasteiger partial charge in [-0.3, -0.25) is 4.98 Å². The molecule has 0 atom stereocenters. The number of hydrogen-bond acceptors (Lipinski definition) is 7. The van der Waals surface area contributed by atoms with E-state index in [1.807, 2.05) is 18.2 Å². The molecule has 10 heteroatoms. The van der Waals surface area contributed by atoms with Crippen LogP contribution in [0.4, 0.5) is 0 Å². The molecule has 8 nitrogen and oxygen atoms in total. The number of carbonyl (C=O) groups is 1. The van der Waals surface area contributed by atoms with Gasteiger partial charge in [0.15, 0.2) is 5.69 Å². The molecule has 1 aromatic carbocycles. The fourth-order valence-corrected chi connectivity index (χ4v) is 7.64. The normalized spacial score (nSPS) is 24.0. The average Bonchev–Trinajstić information content (AvgIpc) is 3.81. The van der Waals surface area contributed by atoms with E-state index in [1.165, 1.54) is 6.07 Å². The van der Waals surface area contributed by atoms with Crippen LogP contribution in [-0.4, -0.2) is 37.9 Å². The van der Waals surface area contributed by atoms with Crippen LogP contribution in [0.5, 0.6) is 5.75 Å². The lowest BCUT2D eigenvalue weighted by Crippen LogP contribution is -2.47. The fraction of sp³-hybridized carbons (Fsp3) is 0.444. The maximum absolute atomic E-state index is 11.7. The van der Waals surface area contributed by atoms with Crippen molar-refractivity contribution in [3.05, 3.63) is 69.3 Å². The molecule has 1 N–H and O–H groups in total. The molecule has 5 aliphatic rings. The highest BCUT2D eigenvalue weighted by Crippen LogP contribution is 2.54. The molecule has 0 unspecified atom stereocenters. The molecule has 3 heterocycles. The van der Waals surface area contributed by atoms with E-state index < -0.39 is 5.97 Å². The molecule has 0 saturated heterocycles. The molecule has 5 fully saturated rings. The fourth-order valence-electron chi connectivity index (χ4n) is 7.09. The van der Waals surface area contributed by atoms with Crippen LogP contribution >= 0.6 is 23.2 Å². The summed E-state index contributed by atoms with van der Waals surface area (Å²) in [6.07, 6.45) is 14.3. The molecular weight excluding hydrogens is 625 g/mol. The van der Waals surface area contributed by atoms with Gasteiger partial charge >= 0.3 is 5.97 Å². The van der Waals surface area contributed by atoms with Gasteiger partial charge in [-0.05, 0) is 88.8 Å². The van der Waals surface area contributed by atoms with Gasteiger partial charge in [-0.2, -0.15) is 0 Å². The number of pyridine rings is 2. The number of benzene rings is 1. The van der Waals surface area contributed by atoms with Crippen LogP contribution in [0.1, 0.15) is 104 Å². The van der Waals surface area contributed by atoms with E-state index in [0.29, 0.717) is 45.1 Å². The van der Waals surface area contributed by atoms with E-state index in [4.69, 9.17) is 37.2 Å². The molecular formula is C36H33Cl2N3O5. The molecule has 0 radical (unpaired) electrons. The van der Waals surface area contributed by atoms with Gasteiger partial charge in [0.05, 0.1) is 33.9 Å². The monoisotopic (exact) mass is 657 g/mol. The number of nitrogens with zero attached hydrogens (tertiary/aromatic N) is 3. The smallest absolute Gasteiger partial charge is 0.354 e. The first-order valence-electron chi connectivity index (χ1n) is 16.1.